The molecule has 5 nitrogen and oxygen atoms in total. The summed E-state index contributed by atoms with van der Waals surface area (Å²) in [6.45, 7) is 5.87. The molecule has 2 aliphatic rings. The lowest BCUT2D eigenvalue weighted by atomic mass is 10.1. The quantitative estimate of drug-likeness (QED) is 0.423. The molecule has 0 aliphatic carbocycles. The van der Waals surface area contributed by atoms with E-state index in [1.54, 1.807) is 4.90 Å². The Hall–Kier alpha value is 0.150. The lowest BCUT2D eigenvalue weighted by molar-refractivity contribution is -0.906. The van der Waals surface area contributed by atoms with Crippen LogP contribution >= 0.6 is 11.8 Å². The van der Waals surface area contributed by atoms with Crippen LogP contribution < -0.4 is 21.3 Å². The normalized spacial score (nSPS) is 45.3. The first-order chi connectivity index (χ1) is 8.60. The average molecular weight is 275 g/mol. The number of thioether (sulfide) groups is 1. The van der Waals surface area contributed by atoms with E-state index in [1.165, 1.54) is 0 Å². The standard InChI is InChI=1S/C12H26N4OS/c1-8-11(3-4-17)18-7-16(8)6-10-5-12(13)15-9(2)14-10/h8-12,14-15,17H,3-7,13H2,1-2H3/p+1. The van der Waals surface area contributed by atoms with Crippen molar-refractivity contribution in [1.82, 2.24) is 10.6 Å². The summed E-state index contributed by atoms with van der Waals surface area (Å²) in [4.78, 5) is 1.64. The highest BCUT2D eigenvalue weighted by atomic mass is 32.2. The molecule has 6 unspecified atom stereocenters. The Balaban J connectivity index is 1.82. The number of aliphatic hydroxyl groups is 1. The van der Waals surface area contributed by atoms with Crippen LogP contribution in [0.25, 0.3) is 0 Å². The van der Waals surface area contributed by atoms with Crippen molar-refractivity contribution in [3.8, 4) is 0 Å². The summed E-state index contributed by atoms with van der Waals surface area (Å²) in [5.41, 5.74) is 6.00. The van der Waals surface area contributed by atoms with E-state index in [2.05, 4.69) is 24.5 Å². The average Bonchev–Trinajstić information content (AvgIpc) is 2.61. The Morgan fingerprint density at radius 3 is 2.83 bits per heavy atom. The zero-order valence-electron chi connectivity index (χ0n) is 11.4. The van der Waals surface area contributed by atoms with Gasteiger partial charge in [0.05, 0.1) is 36.2 Å². The summed E-state index contributed by atoms with van der Waals surface area (Å²) in [6, 6.07) is 1.13. The Morgan fingerprint density at radius 1 is 1.39 bits per heavy atom. The van der Waals surface area contributed by atoms with Crippen LogP contribution in [-0.4, -0.2) is 53.8 Å². The Bertz CT molecular complexity index is 258. The summed E-state index contributed by atoms with van der Waals surface area (Å²) in [5.74, 6) is 1.15. The van der Waals surface area contributed by atoms with Crippen LogP contribution in [0.4, 0.5) is 0 Å². The monoisotopic (exact) mass is 275 g/mol. The maximum absolute atomic E-state index is 9.06. The van der Waals surface area contributed by atoms with Gasteiger partial charge in [0.25, 0.3) is 0 Å². The molecule has 2 heterocycles. The first kappa shape index (κ1) is 14.6. The Kier molecular flexibility index (Phi) is 5.29. The second kappa shape index (κ2) is 6.54. The minimum Gasteiger partial charge on any atom is -0.396 e. The van der Waals surface area contributed by atoms with Gasteiger partial charge in [-0.25, -0.2) is 0 Å². The fourth-order valence-electron chi connectivity index (χ4n) is 3.08. The van der Waals surface area contributed by atoms with E-state index < -0.39 is 0 Å². The molecule has 6 N–H and O–H groups in total. The molecular weight excluding hydrogens is 248 g/mol. The van der Waals surface area contributed by atoms with Crippen molar-refractivity contribution >= 4 is 11.8 Å². The summed E-state index contributed by atoms with van der Waals surface area (Å²) in [5, 5.41) is 16.5. The summed E-state index contributed by atoms with van der Waals surface area (Å²) < 4.78 is 0. The van der Waals surface area contributed by atoms with E-state index in [0.29, 0.717) is 30.1 Å². The molecule has 0 amide bonds. The second-order valence-corrected chi connectivity index (χ2v) is 6.83. The molecular formula is C12H27N4OS+. The Morgan fingerprint density at radius 2 is 2.17 bits per heavy atom. The smallest absolute Gasteiger partial charge is 0.125 e. The van der Waals surface area contributed by atoms with E-state index in [0.717, 1.165) is 25.3 Å². The van der Waals surface area contributed by atoms with Gasteiger partial charge in [-0.3, -0.25) is 10.6 Å². The highest BCUT2D eigenvalue weighted by molar-refractivity contribution is 7.99. The predicted molar refractivity (Wildman–Crippen MR) is 75.4 cm³/mol. The molecule has 2 saturated heterocycles. The van der Waals surface area contributed by atoms with Crippen LogP contribution in [0.1, 0.15) is 26.7 Å². The largest absolute Gasteiger partial charge is 0.396 e. The van der Waals surface area contributed by atoms with Gasteiger partial charge < -0.3 is 15.7 Å². The zero-order chi connectivity index (χ0) is 13.1. The van der Waals surface area contributed by atoms with Gasteiger partial charge in [-0.2, -0.15) is 0 Å². The topological polar surface area (TPSA) is 74.8 Å². The minimum absolute atomic E-state index is 0.115. The van der Waals surface area contributed by atoms with Gasteiger partial charge in [0, 0.05) is 6.61 Å². The van der Waals surface area contributed by atoms with Gasteiger partial charge >= 0.3 is 0 Å². The SMILES string of the molecule is CC1NC(N)CC(C[NH+]2CSC(CCO)C2C)N1. The van der Waals surface area contributed by atoms with Gasteiger partial charge in [0.1, 0.15) is 5.88 Å². The van der Waals surface area contributed by atoms with Crippen molar-refractivity contribution in [2.75, 3.05) is 19.0 Å². The van der Waals surface area contributed by atoms with Crippen molar-refractivity contribution in [2.24, 2.45) is 5.73 Å². The van der Waals surface area contributed by atoms with E-state index in [4.69, 9.17) is 10.8 Å². The van der Waals surface area contributed by atoms with E-state index >= 15 is 0 Å². The molecule has 0 aromatic carbocycles. The predicted octanol–water partition coefficient (Wildman–Crippen LogP) is -1.70. The van der Waals surface area contributed by atoms with Gasteiger partial charge in [0.2, 0.25) is 0 Å². The number of hydrogen-bond acceptors (Lipinski definition) is 5. The van der Waals surface area contributed by atoms with E-state index in [1.807, 2.05) is 11.8 Å². The number of nitrogens with one attached hydrogen (secondary N) is 3. The lowest BCUT2D eigenvalue weighted by Crippen LogP contribution is -3.15. The molecule has 2 fully saturated rings. The molecule has 0 saturated carbocycles. The van der Waals surface area contributed by atoms with Crippen molar-refractivity contribution < 1.29 is 10.0 Å². The molecule has 0 aromatic rings. The molecule has 0 bridgehead atoms. The first-order valence-corrected chi connectivity index (χ1v) is 7.99. The minimum atomic E-state index is 0.115. The second-order valence-electron chi connectivity index (χ2n) is 5.61. The highest BCUT2D eigenvalue weighted by Gasteiger charge is 2.37. The van der Waals surface area contributed by atoms with Crippen LogP contribution in [0.5, 0.6) is 0 Å². The van der Waals surface area contributed by atoms with Crippen molar-refractivity contribution in [3.63, 3.8) is 0 Å². The third-order valence-corrected chi connectivity index (χ3v) is 5.70. The fourth-order valence-corrected chi connectivity index (χ4v) is 4.64. The number of quaternary nitrogens is 1. The maximum Gasteiger partial charge on any atom is 0.125 e. The molecule has 2 aliphatic heterocycles. The maximum atomic E-state index is 9.06. The van der Waals surface area contributed by atoms with E-state index in [-0.39, 0.29) is 6.17 Å². The summed E-state index contributed by atoms with van der Waals surface area (Å²) in [7, 11) is 0. The molecule has 18 heavy (non-hydrogen) atoms. The highest BCUT2D eigenvalue weighted by Crippen LogP contribution is 2.20. The molecule has 6 heteroatoms. The van der Waals surface area contributed by atoms with Gasteiger partial charge in [0.15, 0.2) is 0 Å². The molecule has 0 spiro atoms. The van der Waals surface area contributed by atoms with Crippen LogP contribution in [0.15, 0.2) is 0 Å². The zero-order valence-corrected chi connectivity index (χ0v) is 12.2. The van der Waals surface area contributed by atoms with Crippen LogP contribution in [0.2, 0.25) is 0 Å². The third kappa shape index (κ3) is 3.59. The van der Waals surface area contributed by atoms with E-state index in [9.17, 15) is 0 Å². The van der Waals surface area contributed by atoms with Crippen molar-refractivity contribution in [1.29, 1.82) is 0 Å². The van der Waals surface area contributed by atoms with Crippen LogP contribution in [-0.2, 0) is 0 Å². The molecule has 106 valence electrons. The van der Waals surface area contributed by atoms with Gasteiger partial charge in [-0.15, -0.1) is 0 Å². The molecule has 6 atom stereocenters. The van der Waals surface area contributed by atoms with Crippen LogP contribution in [0, 0.1) is 0 Å². The van der Waals surface area contributed by atoms with Gasteiger partial charge in [-0.1, -0.05) is 11.8 Å². The number of rotatable bonds is 4. The van der Waals surface area contributed by atoms with Crippen molar-refractivity contribution in [3.05, 3.63) is 0 Å². The first-order valence-electron chi connectivity index (χ1n) is 6.95. The summed E-state index contributed by atoms with van der Waals surface area (Å²) >= 11 is 2.00. The number of nitrogens with two attached hydrogens (primary N) is 1. The third-order valence-electron chi connectivity index (χ3n) is 4.09. The molecule has 0 radical (unpaired) electrons. The number of hydrogen-bond donors (Lipinski definition) is 5. The summed E-state index contributed by atoms with van der Waals surface area (Å²) in [6.07, 6.45) is 2.34. The number of aliphatic hydroxyl groups excluding tert-OH is 1. The fraction of sp³-hybridized carbons (Fsp3) is 1.00. The Labute approximate surface area is 114 Å². The van der Waals surface area contributed by atoms with Crippen molar-refractivity contribution in [2.45, 2.75) is 56.4 Å². The van der Waals surface area contributed by atoms with Gasteiger partial charge in [-0.05, 0) is 26.7 Å². The van der Waals surface area contributed by atoms with Crippen LogP contribution in [0.3, 0.4) is 0 Å². The molecule has 0 aromatic heterocycles. The lowest BCUT2D eigenvalue weighted by Gasteiger charge is -2.35. The molecule has 2 rings (SSSR count).